The predicted molar refractivity (Wildman–Crippen MR) is 86.4 cm³/mol. The van der Waals surface area contributed by atoms with Crippen molar-refractivity contribution in [2.75, 3.05) is 0 Å². The topological polar surface area (TPSA) is 113 Å². The van der Waals surface area contributed by atoms with E-state index in [1.54, 1.807) is 4.57 Å². The average molecular weight is 350 g/mol. The van der Waals surface area contributed by atoms with Crippen LogP contribution in [0.4, 0.5) is 0 Å². The molecule has 25 heavy (non-hydrogen) atoms. The fraction of sp³-hybridized carbons (Fsp3) is 0.688. The van der Waals surface area contributed by atoms with Crippen molar-refractivity contribution in [1.82, 2.24) is 19.4 Å². The third kappa shape index (κ3) is 3.97. The smallest absolute Gasteiger partial charge is 0.303 e. The van der Waals surface area contributed by atoms with Crippen LogP contribution < -0.4 is 11.5 Å². The van der Waals surface area contributed by atoms with E-state index in [9.17, 15) is 14.4 Å². The van der Waals surface area contributed by atoms with Crippen molar-refractivity contribution in [3.8, 4) is 0 Å². The van der Waals surface area contributed by atoms with E-state index in [1.807, 2.05) is 0 Å². The number of rotatable bonds is 2. The highest BCUT2D eigenvalue weighted by Gasteiger charge is 2.22. The van der Waals surface area contributed by atoms with Crippen molar-refractivity contribution >= 4 is 6.29 Å². The minimum Gasteiger partial charge on any atom is -0.303 e. The molecule has 0 saturated carbocycles. The van der Waals surface area contributed by atoms with Gasteiger partial charge in [-0.3, -0.25) is 18.2 Å². The van der Waals surface area contributed by atoms with Crippen molar-refractivity contribution in [3.05, 3.63) is 32.8 Å². The summed E-state index contributed by atoms with van der Waals surface area (Å²) in [5.41, 5.74) is 0. The molecule has 2 aliphatic heterocycles. The van der Waals surface area contributed by atoms with E-state index in [1.165, 1.54) is 11.0 Å². The van der Waals surface area contributed by atoms with Gasteiger partial charge in [0.25, 0.3) is 0 Å². The van der Waals surface area contributed by atoms with Gasteiger partial charge in [-0.15, -0.1) is 0 Å². The standard InChI is InChI=1S/C9H12N2O3.C7H10N2O2/c12-6-5-7-3-1-2-4-8-10-14-9(13)11(7)8;10-7-9-5-3-1-2-4-6(9)8-11-7/h6-7H,1-5H2;1-5H2. The summed E-state index contributed by atoms with van der Waals surface area (Å²) in [6, 6.07) is -0.0521. The molecule has 0 spiro atoms. The van der Waals surface area contributed by atoms with Gasteiger partial charge in [-0.05, 0) is 25.7 Å². The van der Waals surface area contributed by atoms with Crippen LogP contribution in [0.1, 0.15) is 62.6 Å². The number of aromatic nitrogens is 4. The normalized spacial score (nSPS) is 19.6. The SMILES string of the molecule is O=CCC1CCCCc2noc(=O)n21.O=c1onc2n1CCCCC2. The molecule has 4 heterocycles. The van der Waals surface area contributed by atoms with Gasteiger partial charge in [-0.1, -0.05) is 23.2 Å². The Bertz CT molecular complexity index is 815. The highest BCUT2D eigenvalue weighted by atomic mass is 16.5. The van der Waals surface area contributed by atoms with Crippen molar-refractivity contribution in [1.29, 1.82) is 0 Å². The lowest BCUT2D eigenvalue weighted by Crippen LogP contribution is -2.22. The van der Waals surface area contributed by atoms with E-state index in [0.717, 1.165) is 63.6 Å². The van der Waals surface area contributed by atoms with Crippen LogP contribution in [0.5, 0.6) is 0 Å². The summed E-state index contributed by atoms with van der Waals surface area (Å²) in [6.07, 6.45) is 9.11. The second-order valence-electron chi connectivity index (χ2n) is 6.36. The lowest BCUT2D eigenvalue weighted by Gasteiger charge is -2.11. The zero-order chi connectivity index (χ0) is 17.6. The summed E-state index contributed by atoms with van der Waals surface area (Å²) in [5, 5.41) is 7.40. The van der Waals surface area contributed by atoms with Gasteiger partial charge < -0.3 is 4.79 Å². The minimum atomic E-state index is -0.436. The molecular weight excluding hydrogens is 328 g/mol. The molecule has 2 aromatic rings. The van der Waals surface area contributed by atoms with Gasteiger partial charge in [0.05, 0.1) is 0 Å². The predicted octanol–water partition coefficient (Wildman–Crippen LogP) is 1.26. The summed E-state index contributed by atoms with van der Waals surface area (Å²) in [7, 11) is 0. The fourth-order valence-corrected chi connectivity index (χ4v) is 3.36. The van der Waals surface area contributed by atoms with E-state index in [4.69, 9.17) is 0 Å². The third-order valence-electron chi connectivity index (χ3n) is 4.67. The molecule has 0 radical (unpaired) electrons. The first-order valence-corrected chi connectivity index (χ1v) is 8.77. The number of hydrogen-bond donors (Lipinski definition) is 0. The molecule has 9 heteroatoms. The first-order chi connectivity index (χ1) is 12.2. The van der Waals surface area contributed by atoms with E-state index >= 15 is 0 Å². The largest absolute Gasteiger partial charge is 0.441 e. The van der Waals surface area contributed by atoms with Gasteiger partial charge in [0.15, 0.2) is 11.6 Å². The fourth-order valence-electron chi connectivity index (χ4n) is 3.36. The van der Waals surface area contributed by atoms with E-state index in [0.29, 0.717) is 12.2 Å². The zero-order valence-corrected chi connectivity index (χ0v) is 14.1. The third-order valence-corrected chi connectivity index (χ3v) is 4.67. The Balaban J connectivity index is 0.000000150. The number of nitrogens with zero attached hydrogens (tertiary/aromatic N) is 4. The zero-order valence-electron chi connectivity index (χ0n) is 14.1. The summed E-state index contributed by atoms with van der Waals surface area (Å²) in [4.78, 5) is 32.7. The van der Waals surface area contributed by atoms with E-state index < -0.39 is 5.76 Å². The maximum Gasteiger partial charge on any atom is 0.441 e. The number of carbonyl (C=O) groups excluding carboxylic acids is 1. The molecular formula is C16H22N4O5. The molecule has 0 saturated heterocycles. The van der Waals surface area contributed by atoms with Crippen LogP contribution in [0.25, 0.3) is 0 Å². The molecule has 0 fully saturated rings. The molecule has 0 N–H and O–H groups in total. The Hall–Kier alpha value is -2.45. The first kappa shape index (κ1) is 17.4. The Morgan fingerprint density at radius 1 is 0.960 bits per heavy atom. The van der Waals surface area contributed by atoms with Crippen LogP contribution in [0.3, 0.4) is 0 Å². The molecule has 0 bridgehead atoms. The van der Waals surface area contributed by atoms with Gasteiger partial charge in [-0.25, -0.2) is 9.59 Å². The first-order valence-electron chi connectivity index (χ1n) is 8.77. The molecule has 9 nitrogen and oxygen atoms in total. The Labute approximate surface area is 143 Å². The summed E-state index contributed by atoms with van der Waals surface area (Å²) >= 11 is 0. The molecule has 2 aromatic heterocycles. The molecule has 1 atom stereocenters. The van der Waals surface area contributed by atoms with Crippen LogP contribution in [-0.2, 0) is 24.2 Å². The van der Waals surface area contributed by atoms with Crippen molar-refractivity contribution in [2.45, 2.75) is 70.4 Å². The van der Waals surface area contributed by atoms with E-state index in [-0.39, 0.29) is 11.8 Å². The number of hydrogen-bond acceptors (Lipinski definition) is 7. The number of fused-ring (bicyclic) bond motifs is 2. The van der Waals surface area contributed by atoms with Crippen LogP contribution >= 0.6 is 0 Å². The quantitative estimate of drug-likeness (QED) is 0.749. The Kier molecular flexibility index (Phi) is 5.62. The number of carbonyl (C=O) groups is 1. The molecule has 4 rings (SSSR count). The minimum absolute atomic E-state index is 0.0521. The van der Waals surface area contributed by atoms with Crippen LogP contribution in [0, 0.1) is 0 Å². The monoisotopic (exact) mass is 350 g/mol. The van der Waals surface area contributed by atoms with Gasteiger partial charge in [0.1, 0.15) is 6.29 Å². The number of aryl methyl sites for hydroxylation is 2. The van der Waals surface area contributed by atoms with Crippen molar-refractivity contribution < 1.29 is 13.8 Å². The molecule has 1 unspecified atom stereocenters. The second-order valence-corrected chi connectivity index (χ2v) is 6.36. The van der Waals surface area contributed by atoms with Crippen molar-refractivity contribution in [2.24, 2.45) is 0 Å². The van der Waals surface area contributed by atoms with Gasteiger partial charge in [-0.2, -0.15) is 0 Å². The molecule has 0 amide bonds. The highest BCUT2D eigenvalue weighted by molar-refractivity contribution is 5.50. The molecule has 0 aromatic carbocycles. The highest BCUT2D eigenvalue weighted by Crippen LogP contribution is 2.22. The van der Waals surface area contributed by atoms with Crippen LogP contribution in [0.15, 0.2) is 18.6 Å². The lowest BCUT2D eigenvalue weighted by molar-refractivity contribution is -0.108. The molecule has 136 valence electrons. The van der Waals surface area contributed by atoms with Crippen LogP contribution in [0.2, 0.25) is 0 Å². The second kappa shape index (κ2) is 8.09. The maximum absolute atomic E-state index is 11.3. The van der Waals surface area contributed by atoms with Gasteiger partial charge >= 0.3 is 11.5 Å². The van der Waals surface area contributed by atoms with E-state index in [2.05, 4.69) is 19.4 Å². The van der Waals surface area contributed by atoms with Crippen LogP contribution in [-0.4, -0.2) is 25.7 Å². The summed E-state index contributed by atoms with van der Waals surface area (Å²) in [6.45, 7) is 0.775. The van der Waals surface area contributed by atoms with Crippen molar-refractivity contribution in [3.63, 3.8) is 0 Å². The summed E-state index contributed by atoms with van der Waals surface area (Å²) < 4.78 is 12.3. The Morgan fingerprint density at radius 3 is 2.52 bits per heavy atom. The molecule has 0 aliphatic carbocycles. The van der Waals surface area contributed by atoms with Gasteiger partial charge in [0, 0.05) is 31.8 Å². The maximum atomic E-state index is 11.3. The molecule has 2 aliphatic rings. The summed E-state index contributed by atoms with van der Waals surface area (Å²) in [5.74, 6) is 0.752. The average Bonchev–Trinajstić information content (AvgIpc) is 2.95. The lowest BCUT2D eigenvalue weighted by atomic mass is 10.1. The number of aldehydes is 1. The Morgan fingerprint density at radius 2 is 1.68 bits per heavy atom. The van der Waals surface area contributed by atoms with Gasteiger partial charge in [0.2, 0.25) is 0 Å².